The van der Waals surface area contributed by atoms with Crippen molar-refractivity contribution in [2.24, 2.45) is 17.8 Å². The highest BCUT2D eigenvalue weighted by Crippen LogP contribution is 2.57. The van der Waals surface area contributed by atoms with Crippen LogP contribution in [0.2, 0.25) is 0 Å². The topological polar surface area (TPSA) is 58.6 Å². The minimum atomic E-state index is -0.687. The molecule has 2 aliphatic carbocycles. The zero-order valence-electron chi connectivity index (χ0n) is 11.7. The molecule has 0 aromatic heterocycles. The van der Waals surface area contributed by atoms with Crippen LogP contribution < -0.4 is 10.1 Å². The van der Waals surface area contributed by atoms with Gasteiger partial charge in [-0.25, -0.2) is 0 Å². The molecule has 4 nitrogen and oxygen atoms in total. The van der Waals surface area contributed by atoms with Crippen LogP contribution in [0.4, 0.5) is 0 Å². The number of hydrogen-bond donors (Lipinski definition) is 2. The molecular formula is C16H21NO3. The monoisotopic (exact) mass is 275 g/mol. The first-order chi connectivity index (χ1) is 9.70. The van der Waals surface area contributed by atoms with Gasteiger partial charge in [0.2, 0.25) is 5.91 Å². The summed E-state index contributed by atoms with van der Waals surface area (Å²) in [6, 6.07) is 7.30. The molecule has 1 aromatic carbocycles. The van der Waals surface area contributed by atoms with Crippen molar-refractivity contribution < 1.29 is 14.6 Å². The fourth-order valence-corrected chi connectivity index (χ4v) is 3.49. The van der Waals surface area contributed by atoms with E-state index in [1.807, 2.05) is 18.2 Å². The summed E-state index contributed by atoms with van der Waals surface area (Å²) in [6.45, 7) is 0.266. The van der Waals surface area contributed by atoms with Crippen molar-refractivity contribution in [3.05, 3.63) is 29.8 Å². The van der Waals surface area contributed by atoms with Gasteiger partial charge in [0.1, 0.15) is 5.75 Å². The van der Waals surface area contributed by atoms with Gasteiger partial charge in [0.15, 0.2) is 0 Å². The minimum Gasteiger partial charge on any atom is -0.497 e. The predicted octanol–water partition coefficient (Wildman–Crippen LogP) is 1.89. The van der Waals surface area contributed by atoms with E-state index < -0.39 is 6.10 Å². The zero-order valence-corrected chi connectivity index (χ0v) is 11.7. The number of rotatable bonds is 5. The van der Waals surface area contributed by atoms with E-state index in [1.165, 1.54) is 19.3 Å². The Morgan fingerprint density at radius 1 is 1.45 bits per heavy atom. The summed E-state index contributed by atoms with van der Waals surface area (Å²) >= 11 is 0. The quantitative estimate of drug-likeness (QED) is 0.862. The summed E-state index contributed by atoms with van der Waals surface area (Å²) in [4.78, 5) is 12.0. The molecule has 0 heterocycles. The number of carbonyl (C=O) groups excluding carboxylic acids is 1. The summed E-state index contributed by atoms with van der Waals surface area (Å²) < 4.78 is 5.13. The van der Waals surface area contributed by atoms with E-state index >= 15 is 0 Å². The lowest BCUT2D eigenvalue weighted by atomic mass is 10.1. The Bertz CT molecular complexity index is 492. The Kier molecular flexibility index (Phi) is 3.66. The maximum absolute atomic E-state index is 12.0. The van der Waals surface area contributed by atoms with Crippen LogP contribution in [-0.4, -0.2) is 24.7 Å². The smallest absolute Gasteiger partial charge is 0.223 e. The lowest BCUT2D eigenvalue weighted by Gasteiger charge is -2.13. The number of fused-ring (bicyclic) bond motifs is 1. The van der Waals surface area contributed by atoms with Crippen LogP contribution >= 0.6 is 0 Å². The molecule has 2 fully saturated rings. The van der Waals surface area contributed by atoms with Gasteiger partial charge in [-0.15, -0.1) is 0 Å². The lowest BCUT2D eigenvalue weighted by molar-refractivity contribution is -0.123. The second-order valence-electron chi connectivity index (χ2n) is 5.82. The number of ether oxygens (including phenoxy) is 1. The normalized spacial score (nSPS) is 28.6. The summed E-state index contributed by atoms with van der Waals surface area (Å²) in [5, 5.41) is 13.0. The van der Waals surface area contributed by atoms with Gasteiger partial charge >= 0.3 is 0 Å². The Morgan fingerprint density at radius 2 is 2.20 bits per heavy atom. The van der Waals surface area contributed by atoms with E-state index in [0.29, 0.717) is 17.6 Å². The SMILES string of the molecule is COc1cccc(C(O)CNC(=O)C2C3CCCC32)c1. The molecule has 3 unspecified atom stereocenters. The highest BCUT2D eigenvalue weighted by atomic mass is 16.5. The Hall–Kier alpha value is -1.55. The standard InChI is InChI=1S/C16H21NO3/c1-20-11-5-2-4-10(8-11)14(18)9-17-16(19)15-12-6-3-7-13(12)15/h2,4-5,8,12-15,18H,3,6-7,9H2,1H3,(H,17,19). The average Bonchev–Trinajstić information content (AvgIpc) is 2.97. The molecule has 0 radical (unpaired) electrons. The van der Waals surface area contributed by atoms with E-state index in [0.717, 1.165) is 5.56 Å². The third-order valence-corrected chi connectivity index (χ3v) is 4.66. The highest BCUT2D eigenvalue weighted by Gasteiger charge is 2.56. The maximum atomic E-state index is 12.0. The van der Waals surface area contributed by atoms with Gasteiger partial charge in [-0.1, -0.05) is 18.6 Å². The number of amides is 1. The summed E-state index contributed by atoms with van der Waals surface area (Å²) in [5.74, 6) is 2.26. The molecule has 0 aliphatic heterocycles. The fraction of sp³-hybridized carbons (Fsp3) is 0.562. The van der Waals surface area contributed by atoms with Crippen LogP contribution in [0.3, 0.4) is 0 Å². The first kappa shape index (κ1) is 13.4. The molecule has 4 heteroatoms. The van der Waals surface area contributed by atoms with Gasteiger partial charge in [-0.3, -0.25) is 4.79 Å². The van der Waals surface area contributed by atoms with E-state index in [-0.39, 0.29) is 18.4 Å². The van der Waals surface area contributed by atoms with Crippen LogP contribution in [0.15, 0.2) is 24.3 Å². The number of carbonyl (C=O) groups is 1. The molecule has 0 spiro atoms. The summed E-state index contributed by atoms with van der Waals surface area (Å²) in [6.07, 6.45) is 2.97. The van der Waals surface area contributed by atoms with Crippen LogP contribution in [0, 0.1) is 17.8 Å². The van der Waals surface area contributed by atoms with Crippen molar-refractivity contribution in [1.82, 2.24) is 5.32 Å². The summed E-state index contributed by atoms with van der Waals surface area (Å²) in [5.41, 5.74) is 0.764. The van der Waals surface area contributed by atoms with Crippen LogP contribution in [0.25, 0.3) is 0 Å². The summed E-state index contributed by atoms with van der Waals surface area (Å²) in [7, 11) is 1.60. The largest absolute Gasteiger partial charge is 0.497 e. The molecule has 3 rings (SSSR count). The third-order valence-electron chi connectivity index (χ3n) is 4.66. The Labute approximate surface area is 119 Å². The van der Waals surface area contributed by atoms with E-state index in [9.17, 15) is 9.90 Å². The second-order valence-corrected chi connectivity index (χ2v) is 5.82. The number of aliphatic hydroxyl groups is 1. The number of aliphatic hydroxyl groups excluding tert-OH is 1. The number of benzene rings is 1. The second kappa shape index (κ2) is 5.44. The molecule has 3 atom stereocenters. The van der Waals surface area contributed by atoms with Gasteiger partial charge in [0, 0.05) is 12.5 Å². The number of methoxy groups -OCH3 is 1. The molecule has 2 saturated carbocycles. The van der Waals surface area contributed by atoms with Crippen molar-refractivity contribution >= 4 is 5.91 Å². The fourth-order valence-electron chi connectivity index (χ4n) is 3.49. The van der Waals surface area contributed by atoms with Crippen molar-refractivity contribution in [3.63, 3.8) is 0 Å². The van der Waals surface area contributed by atoms with Crippen LogP contribution in [-0.2, 0) is 4.79 Å². The third kappa shape index (κ3) is 2.52. The van der Waals surface area contributed by atoms with E-state index in [1.54, 1.807) is 13.2 Å². The predicted molar refractivity (Wildman–Crippen MR) is 75.3 cm³/mol. The molecule has 2 N–H and O–H groups in total. The van der Waals surface area contributed by atoms with Crippen LogP contribution in [0.1, 0.15) is 30.9 Å². The van der Waals surface area contributed by atoms with Crippen molar-refractivity contribution in [2.45, 2.75) is 25.4 Å². The van der Waals surface area contributed by atoms with Gasteiger partial charge in [0.05, 0.1) is 13.2 Å². The molecule has 2 aliphatic rings. The molecule has 1 aromatic rings. The van der Waals surface area contributed by atoms with E-state index in [2.05, 4.69) is 5.32 Å². The van der Waals surface area contributed by atoms with Gasteiger partial charge in [-0.2, -0.15) is 0 Å². The number of hydrogen-bond acceptors (Lipinski definition) is 3. The molecule has 0 saturated heterocycles. The average molecular weight is 275 g/mol. The molecule has 1 amide bonds. The van der Waals surface area contributed by atoms with Gasteiger partial charge in [0.25, 0.3) is 0 Å². The van der Waals surface area contributed by atoms with Crippen molar-refractivity contribution in [3.8, 4) is 5.75 Å². The van der Waals surface area contributed by atoms with Gasteiger partial charge in [-0.05, 0) is 42.4 Å². The molecule has 0 bridgehead atoms. The zero-order chi connectivity index (χ0) is 14.1. The lowest BCUT2D eigenvalue weighted by Crippen LogP contribution is -2.30. The van der Waals surface area contributed by atoms with Crippen LogP contribution in [0.5, 0.6) is 5.75 Å². The van der Waals surface area contributed by atoms with Crippen molar-refractivity contribution in [1.29, 1.82) is 0 Å². The van der Waals surface area contributed by atoms with E-state index in [4.69, 9.17) is 4.74 Å². The first-order valence-electron chi connectivity index (χ1n) is 7.30. The van der Waals surface area contributed by atoms with Crippen molar-refractivity contribution in [2.75, 3.05) is 13.7 Å². The Morgan fingerprint density at radius 3 is 2.90 bits per heavy atom. The van der Waals surface area contributed by atoms with Gasteiger partial charge < -0.3 is 15.2 Å². The molecule has 108 valence electrons. The molecule has 20 heavy (non-hydrogen) atoms. The highest BCUT2D eigenvalue weighted by molar-refractivity contribution is 5.82. The minimum absolute atomic E-state index is 0.113. The first-order valence-corrected chi connectivity index (χ1v) is 7.30. The number of nitrogens with one attached hydrogen (secondary N) is 1. The molecular weight excluding hydrogens is 254 g/mol. The maximum Gasteiger partial charge on any atom is 0.223 e. The Balaban J connectivity index is 1.51.